The molecule has 2 aromatic carbocycles. The molecule has 1 amide bonds. The summed E-state index contributed by atoms with van der Waals surface area (Å²) in [5.41, 5.74) is 2.17. The molecule has 11 heteroatoms. The number of carbonyl (C=O) groups is 1. The quantitative estimate of drug-likeness (QED) is 0.309. The topological polar surface area (TPSA) is 114 Å². The summed E-state index contributed by atoms with van der Waals surface area (Å²) in [6.07, 6.45) is 2.25. The van der Waals surface area contributed by atoms with E-state index in [0.29, 0.717) is 16.3 Å². The van der Waals surface area contributed by atoms with Crippen LogP contribution >= 0.6 is 23.4 Å². The van der Waals surface area contributed by atoms with E-state index in [4.69, 9.17) is 16.0 Å². The molecule has 0 spiro atoms. The van der Waals surface area contributed by atoms with Crippen molar-refractivity contribution in [3.8, 4) is 11.5 Å². The number of carbonyl (C=O) groups excluding carboxylic acids is 1. The van der Waals surface area contributed by atoms with Crippen LogP contribution in [0.2, 0.25) is 5.02 Å². The number of hydrogen-bond acceptors (Lipinski definition) is 8. The van der Waals surface area contributed by atoms with Crippen LogP contribution in [0, 0.1) is 10.1 Å². The minimum Gasteiger partial charge on any atom is -0.411 e. The predicted molar refractivity (Wildman–Crippen MR) is 119 cm³/mol. The number of thioether (sulfide) groups is 1. The fourth-order valence-electron chi connectivity index (χ4n) is 3.27. The molecule has 1 aromatic heterocycles. The molecule has 160 valence electrons. The lowest BCUT2D eigenvalue weighted by molar-refractivity contribution is -0.384. The maximum Gasteiger partial charge on any atom is 0.277 e. The fraction of sp³-hybridized carbons (Fsp3) is 0.250. The van der Waals surface area contributed by atoms with Crippen molar-refractivity contribution in [3.63, 3.8) is 0 Å². The molecule has 4 rings (SSSR count). The highest BCUT2D eigenvalue weighted by molar-refractivity contribution is 7.99. The largest absolute Gasteiger partial charge is 0.411 e. The van der Waals surface area contributed by atoms with Gasteiger partial charge < -0.3 is 14.6 Å². The number of nitrogens with zero attached hydrogens (tertiary/aromatic N) is 4. The molecule has 1 aliphatic heterocycles. The van der Waals surface area contributed by atoms with E-state index in [1.54, 1.807) is 6.07 Å². The molecule has 0 bridgehead atoms. The summed E-state index contributed by atoms with van der Waals surface area (Å²) in [6.45, 7) is 1.90. The van der Waals surface area contributed by atoms with Crippen molar-refractivity contribution < 1.29 is 14.1 Å². The minimum absolute atomic E-state index is 0.0242. The fourth-order valence-corrected chi connectivity index (χ4v) is 4.00. The van der Waals surface area contributed by atoms with Crippen LogP contribution in [-0.4, -0.2) is 39.9 Å². The zero-order chi connectivity index (χ0) is 21.8. The van der Waals surface area contributed by atoms with E-state index in [1.165, 1.54) is 24.3 Å². The third-order valence-electron chi connectivity index (χ3n) is 4.74. The zero-order valence-electron chi connectivity index (χ0n) is 16.3. The first kappa shape index (κ1) is 21.1. The molecule has 1 N–H and O–H groups in total. The van der Waals surface area contributed by atoms with Crippen molar-refractivity contribution in [1.29, 1.82) is 0 Å². The second-order valence-corrected chi connectivity index (χ2v) is 8.23. The minimum atomic E-state index is -0.480. The Balaban J connectivity index is 1.38. The van der Waals surface area contributed by atoms with Crippen LogP contribution in [0.5, 0.6) is 0 Å². The molecule has 1 aliphatic rings. The van der Waals surface area contributed by atoms with Gasteiger partial charge in [-0.25, -0.2) is 0 Å². The summed E-state index contributed by atoms with van der Waals surface area (Å²) < 4.78 is 5.56. The van der Waals surface area contributed by atoms with Gasteiger partial charge in [-0.1, -0.05) is 23.4 Å². The molecule has 31 heavy (non-hydrogen) atoms. The number of non-ortho nitro benzene ring substituents is 1. The molecule has 0 unspecified atom stereocenters. The van der Waals surface area contributed by atoms with Crippen LogP contribution in [0.3, 0.4) is 0 Å². The van der Waals surface area contributed by atoms with Gasteiger partial charge >= 0.3 is 0 Å². The number of amides is 1. The first-order valence-electron chi connectivity index (χ1n) is 9.55. The molecular weight excluding hydrogens is 442 g/mol. The maximum absolute atomic E-state index is 12.5. The lowest BCUT2D eigenvalue weighted by Crippen LogP contribution is -2.21. The van der Waals surface area contributed by atoms with E-state index in [9.17, 15) is 14.9 Å². The zero-order valence-corrected chi connectivity index (χ0v) is 17.9. The van der Waals surface area contributed by atoms with Gasteiger partial charge in [0.15, 0.2) is 0 Å². The van der Waals surface area contributed by atoms with Crippen LogP contribution in [0.15, 0.2) is 52.1 Å². The Morgan fingerprint density at radius 2 is 1.94 bits per heavy atom. The van der Waals surface area contributed by atoms with E-state index in [-0.39, 0.29) is 28.5 Å². The number of nitro groups is 1. The van der Waals surface area contributed by atoms with Crippen LogP contribution in [-0.2, 0) is 4.79 Å². The molecule has 1 fully saturated rings. The summed E-state index contributed by atoms with van der Waals surface area (Å²) in [4.78, 5) is 25.0. The van der Waals surface area contributed by atoms with Gasteiger partial charge in [0.1, 0.15) is 0 Å². The van der Waals surface area contributed by atoms with Gasteiger partial charge in [-0.3, -0.25) is 14.9 Å². The molecular formula is C20H18ClN5O4S. The van der Waals surface area contributed by atoms with Gasteiger partial charge in [0.2, 0.25) is 11.8 Å². The Morgan fingerprint density at radius 1 is 1.19 bits per heavy atom. The number of anilines is 2. The first-order chi connectivity index (χ1) is 15.0. The van der Waals surface area contributed by atoms with E-state index in [2.05, 4.69) is 20.4 Å². The molecule has 0 radical (unpaired) electrons. The van der Waals surface area contributed by atoms with Gasteiger partial charge in [0.25, 0.3) is 10.9 Å². The number of aromatic nitrogens is 2. The summed E-state index contributed by atoms with van der Waals surface area (Å²) in [5, 5.41) is 22.3. The number of nitrogens with one attached hydrogen (secondary N) is 1. The standard InChI is InChI=1S/C20H18ClN5O4S/c21-14-5-8-17(25-9-1-2-10-25)16(11-14)22-18(27)12-31-20-24-23-19(30-20)13-3-6-15(7-4-13)26(28)29/h3-8,11H,1-2,9-10,12H2,(H,22,27). The summed E-state index contributed by atoms with van der Waals surface area (Å²) in [7, 11) is 0. The third-order valence-corrected chi connectivity index (χ3v) is 5.79. The van der Waals surface area contributed by atoms with Crippen molar-refractivity contribution >= 4 is 46.3 Å². The van der Waals surface area contributed by atoms with E-state index >= 15 is 0 Å². The van der Waals surface area contributed by atoms with Gasteiger partial charge in [-0.15, -0.1) is 10.2 Å². The second kappa shape index (κ2) is 9.36. The van der Waals surface area contributed by atoms with Crippen molar-refractivity contribution in [2.45, 2.75) is 18.1 Å². The lowest BCUT2D eigenvalue weighted by atomic mass is 10.2. The summed E-state index contributed by atoms with van der Waals surface area (Å²) in [5.74, 6) is 0.0835. The number of halogens is 1. The molecule has 0 aliphatic carbocycles. The average Bonchev–Trinajstić information content (AvgIpc) is 3.45. The predicted octanol–water partition coefficient (Wildman–Crippen LogP) is 4.63. The van der Waals surface area contributed by atoms with Crippen molar-refractivity contribution in [3.05, 3.63) is 57.6 Å². The molecule has 2 heterocycles. The highest BCUT2D eigenvalue weighted by atomic mass is 35.5. The molecule has 0 atom stereocenters. The van der Waals surface area contributed by atoms with Crippen LogP contribution < -0.4 is 10.2 Å². The number of nitro benzene ring substituents is 1. The summed E-state index contributed by atoms with van der Waals surface area (Å²) >= 11 is 7.23. The normalized spacial score (nSPS) is 13.4. The number of rotatable bonds is 7. The van der Waals surface area contributed by atoms with Crippen LogP contribution in [0.25, 0.3) is 11.5 Å². The van der Waals surface area contributed by atoms with E-state index in [0.717, 1.165) is 43.4 Å². The molecule has 3 aromatic rings. The van der Waals surface area contributed by atoms with Crippen molar-refractivity contribution in [1.82, 2.24) is 10.2 Å². The Labute approximate surface area is 186 Å². The molecule has 9 nitrogen and oxygen atoms in total. The maximum atomic E-state index is 12.5. The first-order valence-corrected chi connectivity index (χ1v) is 10.9. The van der Waals surface area contributed by atoms with E-state index in [1.807, 2.05) is 12.1 Å². The van der Waals surface area contributed by atoms with Gasteiger partial charge in [0, 0.05) is 35.8 Å². The number of hydrogen-bond donors (Lipinski definition) is 1. The molecule has 0 saturated carbocycles. The van der Waals surface area contributed by atoms with Crippen LogP contribution in [0.4, 0.5) is 17.1 Å². The number of benzene rings is 2. The third kappa shape index (κ3) is 5.15. The second-order valence-electron chi connectivity index (χ2n) is 6.87. The van der Waals surface area contributed by atoms with Gasteiger partial charge in [-0.05, 0) is 43.2 Å². The Morgan fingerprint density at radius 3 is 2.65 bits per heavy atom. The highest BCUT2D eigenvalue weighted by Gasteiger charge is 2.18. The Hall–Kier alpha value is -3.11. The lowest BCUT2D eigenvalue weighted by Gasteiger charge is -2.21. The van der Waals surface area contributed by atoms with Crippen molar-refractivity contribution in [2.75, 3.05) is 29.1 Å². The highest BCUT2D eigenvalue weighted by Crippen LogP contribution is 2.32. The average molecular weight is 460 g/mol. The van der Waals surface area contributed by atoms with E-state index < -0.39 is 4.92 Å². The Kier molecular flexibility index (Phi) is 6.38. The summed E-state index contributed by atoms with van der Waals surface area (Å²) in [6, 6.07) is 11.3. The molecule has 1 saturated heterocycles. The van der Waals surface area contributed by atoms with Crippen LogP contribution in [0.1, 0.15) is 12.8 Å². The monoisotopic (exact) mass is 459 g/mol. The van der Waals surface area contributed by atoms with Gasteiger partial charge in [-0.2, -0.15) is 0 Å². The van der Waals surface area contributed by atoms with Crippen molar-refractivity contribution in [2.24, 2.45) is 0 Å². The SMILES string of the molecule is O=C(CSc1nnc(-c2ccc([N+](=O)[O-])cc2)o1)Nc1cc(Cl)ccc1N1CCCC1. The smallest absolute Gasteiger partial charge is 0.277 e. The van der Waals surface area contributed by atoms with Gasteiger partial charge in [0.05, 0.1) is 22.1 Å². The Bertz CT molecular complexity index is 1100.